The number of hydrogen-bond acceptors (Lipinski definition) is 2. The van der Waals surface area contributed by atoms with E-state index in [9.17, 15) is 9.18 Å². The Kier molecular flexibility index (Phi) is 4.42. The molecular formula is C22H18FN3O. The lowest BCUT2D eigenvalue weighted by Gasteiger charge is -2.13. The van der Waals surface area contributed by atoms with E-state index in [4.69, 9.17) is 0 Å². The molecular weight excluding hydrogens is 341 g/mol. The van der Waals surface area contributed by atoms with Crippen LogP contribution in [0, 0.1) is 5.82 Å². The van der Waals surface area contributed by atoms with Crippen molar-refractivity contribution in [1.29, 1.82) is 0 Å². The predicted molar refractivity (Wildman–Crippen MR) is 104 cm³/mol. The maximum atomic E-state index is 13.1. The Morgan fingerprint density at radius 3 is 2.59 bits per heavy atom. The summed E-state index contributed by atoms with van der Waals surface area (Å²) in [7, 11) is 0. The molecule has 1 aromatic heterocycles. The molecule has 0 radical (unpaired) electrons. The fourth-order valence-electron chi connectivity index (χ4n) is 3.13. The van der Waals surface area contributed by atoms with Gasteiger partial charge in [-0.05, 0) is 41.5 Å². The second-order valence-electron chi connectivity index (χ2n) is 6.44. The second-order valence-corrected chi connectivity index (χ2v) is 6.44. The van der Waals surface area contributed by atoms with Gasteiger partial charge in [-0.3, -0.25) is 9.89 Å². The quantitative estimate of drug-likeness (QED) is 0.547. The van der Waals surface area contributed by atoms with Crippen molar-refractivity contribution in [2.24, 2.45) is 0 Å². The molecule has 4 rings (SSSR count). The van der Waals surface area contributed by atoms with Gasteiger partial charge in [-0.15, -0.1) is 0 Å². The van der Waals surface area contributed by atoms with Crippen molar-refractivity contribution in [3.05, 3.63) is 89.9 Å². The number of nitrogens with zero attached hydrogens (tertiary/aromatic N) is 1. The highest BCUT2D eigenvalue weighted by Gasteiger charge is 2.15. The van der Waals surface area contributed by atoms with Gasteiger partial charge < -0.3 is 5.32 Å². The van der Waals surface area contributed by atoms with E-state index in [1.54, 1.807) is 18.2 Å². The summed E-state index contributed by atoms with van der Waals surface area (Å²) >= 11 is 0. The number of H-pyrrole nitrogens is 1. The first kappa shape index (κ1) is 17.0. The summed E-state index contributed by atoms with van der Waals surface area (Å²) in [4.78, 5) is 12.5. The zero-order valence-electron chi connectivity index (χ0n) is 14.7. The number of rotatable bonds is 4. The van der Waals surface area contributed by atoms with Crippen molar-refractivity contribution in [2.75, 3.05) is 0 Å². The van der Waals surface area contributed by atoms with Gasteiger partial charge in [0.2, 0.25) is 0 Å². The summed E-state index contributed by atoms with van der Waals surface area (Å²) < 4.78 is 13.1. The number of benzene rings is 3. The Hall–Kier alpha value is -3.47. The molecule has 134 valence electrons. The van der Waals surface area contributed by atoms with Crippen LogP contribution in [0.25, 0.3) is 22.0 Å². The van der Waals surface area contributed by atoms with Crippen LogP contribution in [0.4, 0.5) is 4.39 Å². The first-order valence-corrected chi connectivity index (χ1v) is 8.72. The Labute approximate surface area is 156 Å². The zero-order valence-corrected chi connectivity index (χ0v) is 14.7. The lowest BCUT2D eigenvalue weighted by Crippen LogP contribution is -2.26. The molecule has 0 unspecified atom stereocenters. The number of carbonyl (C=O) groups is 1. The minimum atomic E-state index is -0.300. The number of nitrogens with one attached hydrogen (secondary N) is 2. The number of hydrogen-bond donors (Lipinski definition) is 2. The lowest BCUT2D eigenvalue weighted by atomic mass is 10.0. The summed E-state index contributed by atoms with van der Waals surface area (Å²) in [6.45, 7) is 1.85. The van der Waals surface area contributed by atoms with E-state index in [-0.39, 0.29) is 17.8 Å². The normalized spacial score (nSPS) is 12.1. The van der Waals surface area contributed by atoms with Gasteiger partial charge in [-0.1, -0.05) is 54.6 Å². The first-order valence-electron chi connectivity index (χ1n) is 8.72. The Balaban J connectivity index is 1.56. The molecule has 1 atom stereocenters. The smallest absolute Gasteiger partial charge is 0.269 e. The number of aromatic nitrogens is 2. The fourth-order valence-corrected chi connectivity index (χ4v) is 3.13. The molecule has 0 aliphatic heterocycles. The van der Waals surface area contributed by atoms with E-state index < -0.39 is 0 Å². The van der Waals surface area contributed by atoms with Crippen LogP contribution in [0.1, 0.15) is 29.0 Å². The van der Waals surface area contributed by atoms with E-state index in [0.29, 0.717) is 11.4 Å². The van der Waals surface area contributed by atoms with Crippen LogP contribution < -0.4 is 5.32 Å². The molecule has 0 aliphatic rings. The third-order valence-corrected chi connectivity index (χ3v) is 4.61. The van der Waals surface area contributed by atoms with Crippen LogP contribution in [0.15, 0.2) is 72.8 Å². The number of aromatic amines is 1. The fraction of sp³-hybridized carbons (Fsp3) is 0.0909. The molecule has 0 spiro atoms. The van der Waals surface area contributed by atoms with Gasteiger partial charge >= 0.3 is 0 Å². The molecule has 5 heteroatoms. The average molecular weight is 359 g/mol. The molecule has 0 saturated heterocycles. The molecule has 3 aromatic carbocycles. The van der Waals surface area contributed by atoms with Crippen molar-refractivity contribution in [3.63, 3.8) is 0 Å². The van der Waals surface area contributed by atoms with E-state index >= 15 is 0 Å². The standard InChI is InChI=1S/C22H18FN3O/c1-14(15-9-11-17(23)12-10-15)24-22(27)21-13-20(25-26-21)19-8-4-6-16-5-2-3-7-18(16)19/h2-14H,1H3,(H,24,27)(H,25,26)/t14-/m1/s1. The summed E-state index contributed by atoms with van der Waals surface area (Å²) in [5, 5.41) is 12.2. The number of amides is 1. The molecule has 0 saturated carbocycles. The Bertz CT molecular complexity index is 1100. The molecule has 0 fully saturated rings. The number of halogens is 1. The highest BCUT2D eigenvalue weighted by Crippen LogP contribution is 2.27. The van der Waals surface area contributed by atoms with E-state index in [1.807, 2.05) is 49.4 Å². The second kappa shape index (κ2) is 7.03. The monoisotopic (exact) mass is 359 g/mol. The van der Waals surface area contributed by atoms with Crippen molar-refractivity contribution in [2.45, 2.75) is 13.0 Å². The maximum Gasteiger partial charge on any atom is 0.269 e. The van der Waals surface area contributed by atoms with E-state index in [1.165, 1.54) is 12.1 Å². The Morgan fingerprint density at radius 1 is 1.04 bits per heavy atom. The summed E-state index contributed by atoms with van der Waals surface area (Å²) in [6, 6.07) is 21.6. The molecule has 4 nitrogen and oxygen atoms in total. The topological polar surface area (TPSA) is 57.8 Å². The average Bonchev–Trinajstić information content (AvgIpc) is 3.18. The van der Waals surface area contributed by atoms with E-state index in [2.05, 4.69) is 15.5 Å². The number of carbonyl (C=O) groups excluding carboxylic acids is 1. The van der Waals surface area contributed by atoms with Crippen LogP contribution in [0.2, 0.25) is 0 Å². The first-order chi connectivity index (χ1) is 13.1. The van der Waals surface area contributed by atoms with Crippen LogP contribution in [0.3, 0.4) is 0 Å². The SMILES string of the molecule is C[C@@H](NC(=O)c1cc(-c2cccc3ccccc23)n[nH]1)c1ccc(F)cc1. The summed E-state index contributed by atoms with van der Waals surface area (Å²) in [5.74, 6) is -0.559. The predicted octanol–water partition coefficient (Wildman–Crippen LogP) is 4.86. The van der Waals surface area contributed by atoms with Gasteiger partial charge in [0.05, 0.1) is 11.7 Å². The van der Waals surface area contributed by atoms with Crippen LogP contribution in [-0.4, -0.2) is 16.1 Å². The van der Waals surface area contributed by atoms with Gasteiger partial charge in [0.1, 0.15) is 11.5 Å². The molecule has 1 amide bonds. The van der Waals surface area contributed by atoms with Crippen LogP contribution in [-0.2, 0) is 0 Å². The van der Waals surface area contributed by atoms with Crippen molar-refractivity contribution in [3.8, 4) is 11.3 Å². The zero-order chi connectivity index (χ0) is 18.8. The van der Waals surface area contributed by atoms with Crippen molar-refractivity contribution < 1.29 is 9.18 Å². The minimum Gasteiger partial charge on any atom is -0.344 e. The van der Waals surface area contributed by atoms with Gasteiger partial charge in [0.15, 0.2) is 0 Å². The maximum absolute atomic E-state index is 13.1. The lowest BCUT2D eigenvalue weighted by molar-refractivity contribution is 0.0935. The van der Waals surface area contributed by atoms with Gasteiger partial charge in [-0.2, -0.15) is 5.10 Å². The van der Waals surface area contributed by atoms with E-state index in [0.717, 1.165) is 21.9 Å². The number of fused-ring (bicyclic) bond motifs is 1. The Morgan fingerprint density at radius 2 is 1.78 bits per heavy atom. The van der Waals surface area contributed by atoms with Gasteiger partial charge in [0.25, 0.3) is 5.91 Å². The van der Waals surface area contributed by atoms with Gasteiger partial charge in [0, 0.05) is 5.56 Å². The molecule has 1 heterocycles. The minimum absolute atomic E-state index is 0.248. The molecule has 2 N–H and O–H groups in total. The molecule has 4 aromatic rings. The molecule has 0 bridgehead atoms. The van der Waals surface area contributed by atoms with Crippen LogP contribution in [0.5, 0.6) is 0 Å². The third kappa shape index (κ3) is 3.44. The van der Waals surface area contributed by atoms with Crippen molar-refractivity contribution in [1.82, 2.24) is 15.5 Å². The van der Waals surface area contributed by atoms with Crippen LogP contribution >= 0.6 is 0 Å². The highest BCUT2D eigenvalue weighted by molar-refractivity contribution is 5.98. The molecule has 0 aliphatic carbocycles. The third-order valence-electron chi connectivity index (χ3n) is 4.61. The highest BCUT2D eigenvalue weighted by atomic mass is 19.1. The van der Waals surface area contributed by atoms with Crippen molar-refractivity contribution >= 4 is 16.7 Å². The summed E-state index contributed by atoms with van der Waals surface area (Å²) in [6.07, 6.45) is 0. The molecule has 27 heavy (non-hydrogen) atoms. The largest absolute Gasteiger partial charge is 0.344 e. The summed E-state index contributed by atoms with van der Waals surface area (Å²) in [5.41, 5.74) is 2.90. The van der Waals surface area contributed by atoms with Gasteiger partial charge in [-0.25, -0.2) is 4.39 Å².